The molecule has 2 aromatic carbocycles. The minimum atomic E-state index is -2.90. The van der Waals surface area contributed by atoms with E-state index in [2.05, 4.69) is 20.4 Å². The molecule has 10 heteroatoms. The van der Waals surface area contributed by atoms with Crippen molar-refractivity contribution >= 4 is 17.0 Å². The first kappa shape index (κ1) is 21.7. The number of benzene rings is 2. The Morgan fingerprint density at radius 2 is 1.94 bits per heavy atom. The van der Waals surface area contributed by atoms with Crippen molar-refractivity contribution < 1.29 is 18.3 Å². The Morgan fingerprint density at radius 3 is 2.66 bits per heavy atom. The van der Waals surface area contributed by atoms with E-state index >= 15 is 0 Å². The highest BCUT2D eigenvalue weighted by atomic mass is 19.3. The molecule has 1 unspecified atom stereocenters. The third-order valence-corrected chi connectivity index (χ3v) is 5.01. The van der Waals surface area contributed by atoms with E-state index in [1.165, 1.54) is 12.1 Å². The number of halogens is 2. The third-order valence-electron chi connectivity index (χ3n) is 5.01. The maximum Gasteiger partial charge on any atom is 0.387 e. The monoisotopic (exact) mass is 442 g/mol. The summed E-state index contributed by atoms with van der Waals surface area (Å²) >= 11 is 0. The van der Waals surface area contributed by atoms with Crippen LogP contribution in [0.1, 0.15) is 11.4 Å². The van der Waals surface area contributed by atoms with Gasteiger partial charge in [0.2, 0.25) is 5.96 Å². The number of aromatic nitrogens is 2. The first-order valence-electron chi connectivity index (χ1n) is 10.0. The smallest absolute Gasteiger partial charge is 0.387 e. The zero-order valence-corrected chi connectivity index (χ0v) is 17.7. The van der Waals surface area contributed by atoms with E-state index in [9.17, 15) is 8.78 Å². The number of aryl methyl sites for hydroxylation is 1. The quantitative estimate of drug-likeness (QED) is 0.487. The predicted molar refractivity (Wildman–Crippen MR) is 117 cm³/mol. The van der Waals surface area contributed by atoms with Gasteiger partial charge >= 0.3 is 6.61 Å². The molecule has 1 aliphatic rings. The van der Waals surface area contributed by atoms with Crippen LogP contribution in [-0.4, -0.2) is 42.4 Å². The molecule has 0 radical (unpaired) electrons. The van der Waals surface area contributed by atoms with E-state index in [1.807, 2.05) is 35.8 Å². The van der Waals surface area contributed by atoms with Crippen LogP contribution in [0.25, 0.3) is 11.0 Å². The standard InChI is InChI=1S/C22H24F2N6O2/c1-14-27-17-5-3-4-6-18(17)30(14)21-28-19(26-11-12-31-2)13-22(25,29-21)15-7-9-16(10-8-15)32-20(23)24/h3-10,13,20,26H,11-12,25H2,1-2H3,(H,28,29). The molecular weight excluding hydrogens is 418 g/mol. The summed E-state index contributed by atoms with van der Waals surface area (Å²) in [6.07, 6.45) is 1.74. The van der Waals surface area contributed by atoms with Gasteiger partial charge in [-0.3, -0.25) is 10.3 Å². The maximum atomic E-state index is 12.5. The van der Waals surface area contributed by atoms with Gasteiger partial charge in [0.25, 0.3) is 0 Å². The van der Waals surface area contributed by atoms with Crippen molar-refractivity contribution in [3.05, 3.63) is 71.8 Å². The van der Waals surface area contributed by atoms with Crippen molar-refractivity contribution in [1.82, 2.24) is 20.2 Å². The van der Waals surface area contributed by atoms with Gasteiger partial charge in [0, 0.05) is 19.7 Å². The topological polar surface area (TPSA) is 98.7 Å². The Kier molecular flexibility index (Phi) is 6.06. The molecule has 2 heterocycles. The number of nitrogens with one attached hydrogen (secondary N) is 2. The number of nitrogens with two attached hydrogens (primary N) is 1. The van der Waals surface area contributed by atoms with Gasteiger partial charge in [0.15, 0.2) is 5.66 Å². The minimum Gasteiger partial charge on any atom is -0.435 e. The van der Waals surface area contributed by atoms with E-state index in [4.69, 9.17) is 15.5 Å². The van der Waals surface area contributed by atoms with Gasteiger partial charge in [-0.2, -0.15) is 8.78 Å². The van der Waals surface area contributed by atoms with Crippen LogP contribution >= 0.6 is 0 Å². The van der Waals surface area contributed by atoms with Crippen LogP contribution in [-0.2, 0) is 10.4 Å². The average Bonchev–Trinajstić information content (AvgIpc) is 3.09. The van der Waals surface area contributed by atoms with Gasteiger partial charge in [0.1, 0.15) is 17.4 Å². The van der Waals surface area contributed by atoms with E-state index in [-0.39, 0.29) is 5.75 Å². The van der Waals surface area contributed by atoms with Crippen molar-refractivity contribution in [2.24, 2.45) is 10.7 Å². The molecule has 0 amide bonds. The lowest BCUT2D eigenvalue weighted by Gasteiger charge is -2.31. The van der Waals surface area contributed by atoms with Crippen molar-refractivity contribution in [2.45, 2.75) is 19.2 Å². The Bertz CT molecular complexity index is 1160. The lowest BCUT2D eigenvalue weighted by molar-refractivity contribution is -0.0498. The second-order valence-corrected chi connectivity index (χ2v) is 7.25. The fourth-order valence-corrected chi connectivity index (χ4v) is 3.57. The summed E-state index contributed by atoms with van der Waals surface area (Å²) in [4.78, 5) is 9.38. The Hall–Kier alpha value is -3.50. The summed E-state index contributed by atoms with van der Waals surface area (Å²) in [5.74, 6) is 1.90. The molecule has 0 saturated heterocycles. The number of hydrogen-bond acceptors (Lipinski definition) is 7. The minimum absolute atomic E-state index is 0.0457. The molecule has 8 nitrogen and oxygen atoms in total. The van der Waals surface area contributed by atoms with E-state index < -0.39 is 12.3 Å². The molecule has 0 saturated carbocycles. The van der Waals surface area contributed by atoms with E-state index in [1.54, 1.807) is 25.3 Å². The number of fused-ring (bicyclic) bond motifs is 1. The predicted octanol–water partition coefficient (Wildman–Crippen LogP) is 2.64. The van der Waals surface area contributed by atoms with Crippen LogP contribution < -0.4 is 21.1 Å². The fourth-order valence-electron chi connectivity index (χ4n) is 3.57. The van der Waals surface area contributed by atoms with Gasteiger partial charge in [-0.25, -0.2) is 9.98 Å². The summed E-state index contributed by atoms with van der Waals surface area (Å²) in [5, 5.41) is 6.52. The van der Waals surface area contributed by atoms with E-state index in [0.29, 0.717) is 30.5 Å². The Balaban J connectivity index is 1.76. The third kappa shape index (κ3) is 4.41. The van der Waals surface area contributed by atoms with Gasteiger partial charge < -0.3 is 20.1 Å². The Labute approximate surface area is 183 Å². The zero-order chi connectivity index (χ0) is 22.7. The zero-order valence-electron chi connectivity index (χ0n) is 17.7. The molecule has 0 aliphatic carbocycles. The summed E-state index contributed by atoms with van der Waals surface area (Å²) < 4.78 is 36.5. The molecule has 4 N–H and O–H groups in total. The Morgan fingerprint density at radius 1 is 1.19 bits per heavy atom. The first-order chi connectivity index (χ1) is 15.4. The molecule has 1 aliphatic heterocycles. The van der Waals surface area contributed by atoms with E-state index in [0.717, 1.165) is 16.9 Å². The van der Waals surface area contributed by atoms with Gasteiger partial charge in [-0.1, -0.05) is 24.3 Å². The first-order valence-corrected chi connectivity index (χ1v) is 10.0. The highest BCUT2D eigenvalue weighted by molar-refractivity contribution is 5.94. The number of hydrogen-bond donors (Lipinski definition) is 3. The summed E-state index contributed by atoms with van der Waals surface area (Å²) in [5.41, 5.74) is 7.76. The van der Waals surface area contributed by atoms with Crippen LogP contribution in [0.3, 0.4) is 0 Å². The maximum absolute atomic E-state index is 12.5. The van der Waals surface area contributed by atoms with Gasteiger partial charge in [-0.15, -0.1) is 0 Å². The molecule has 32 heavy (non-hydrogen) atoms. The largest absolute Gasteiger partial charge is 0.435 e. The summed E-state index contributed by atoms with van der Waals surface area (Å²) in [6.45, 7) is 0.0271. The summed E-state index contributed by atoms with van der Waals surface area (Å²) in [7, 11) is 1.62. The molecule has 0 bridgehead atoms. The fraction of sp³-hybridized carbons (Fsp3) is 0.273. The lowest BCUT2D eigenvalue weighted by Crippen LogP contribution is -2.47. The molecule has 168 valence electrons. The second kappa shape index (κ2) is 8.93. The number of rotatable bonds is 7. The molecule has 4 rings (SSSR count). The van der Waals surface area contributed by atoms with Crippen LogP contribution in [0.5, 0.6) is 5.75 Å². The average molecular weight is 442 g/mol. The van der Waals surface area contributed by atoms with Crippen LogP contribution in [0.15, 0.2) is 65.4 Å². The van der Waals surface area contributed by atoms with Crippen LogP contribution in [0, 0.1) is 6.92 Å². The molecule has 3 aromatic rings. The van der Waals surface area contributed by atoms with Gasteiger partial charge in [-0.05, 0) is 36.8 Å². The summed E-state index contributed by atoms with van der Waals surface area (Å²) in [6, 6.07) is 13.8. The second-order valence-electron chi connectivity index (χ2n) is 7.25. The molecule has 1 aromatic heterocycles. The molecular formula is C22H24F2N6O2. The molecule has 1 atom stereocenters. The number of para-hydroxylation sites is 2. The number of alkyl halides is 2. The van der Waals surface area contributed by atoms with Crippen LogP contribution in [0.4, 0.5) is 8.78 Å². The number of ether oxygens (including phenoxy) is 2. The van der Waals surface area contributed by atoms with Crippen molar-refractivity contribution in [1.29, 1.82) is 0 Å². The highest BCUT2D eigenvalue weighted by Gasteiger charge is 2.31. The lowest BCUT2D eigenvalue weighted by atomic mass is 9.99. The van der Waals surface area contributed by atoms with Crippen molar-refractivity contribution in [3.8, 4) is 5.75 Å². The van der Waals surface area contributed by atoms with Gasteiger partial charge in [0.05, 0.1) is 17.6 Å². The van der Waals surface area contributed by atoms with Crippen molar-refractivity contribution in [2.75, 3.05) is 20.3 Å². The molecule has 0 fully saturated rings. The number of nitrogens with zero attached hydrogens (tertiary/aromatic N) is 3. The number of aliphatic imine (C=N–C) groups is 1. The molecule has 0 spiro atoms. The van der Waals surface area contributed by atoms with Crippen LogP contribution in [0.2, 0.25) is 0 Å². The number of methoxy groups -OCH3 is 1. The highest BCUT2D eigenvalue weighted by Crippen LogP contribution is 2.28. The normalized spacial score (nSPS) is 18.3. The van der Waals surface area contributed by atoms with Crippen molar-refractivity contribution in [3.63, 3.8) is 0 Å². The number of imidazole rings is 1. The SMILES string of the molecule is COCCNC1=CC(N)(c2ccc(OC(F)F)cc2)N=C(n2c(C)nc3ccccc32)N1.